The van der Waals surface area contributed by atoms with Crippen molar-refractivity contribution in [1.82, 2.24) is 4.90 Å². The highest BCUT2D eigenvalue weighted by Crippen LogP contribution is 2.22. The predicted molar refractivity (Wildman–Crippen MR) is 68.7 cm³/mol. The van der Waals surface area contributed by atoms with Crippen LogP contribution in [0.2, 0.25) is 0 Å². The van der Waals surface area contributed by atoms with E-state index in [1.165, 1.54) is 6.07 Å². The molecule has 1 unspecified atom stereocenters. The molecule has 1 saturated heterocycles. The number of benzene rings is 1. The van der Waals surface area contributed by atoms with Crippen molar-refractivity contribution >= 4 is 5.69 Å². The molecule has 0 aromatic heterocycles. The Balaban J connectivity index is 2.10. The number of halogens is 1. The summed E-state index contributed by atoms with van der Waals surface area (Å²) in [6.07, 6.45) is 0.960. The van der Waals surface area contributed by atoms with E-state index in [-0.39, 0.29) is 5.82 Å². The molecule has 2 N–H and O–H groups in total. The zero-order valence-corrected chi connectivity index (χ0v) is 10.3. The summed E-state index contributed by atoms with van der Waals surface area (Å²) in [5.41, 5.74) is 6.33. The van der Waals surface area contributed by atoms with Crippen LogP contribution >= 0.6 is 0 Å². The molecule has 0 spiro atoms. The fourth-order valence-electron chi connectivity index (χ4n) is 2.38. The van der Waals surface area contributed by atoms with Gasteiger partial charge >= 0.3 is 0 Å². The van der Waals surface area contributed by atoms with Crippen molar-refractivity contribution in [3.05, 3.63) is 30.1 Å². The van der Waals surface area contributed by atoms with Crippen molar-refractivity contribution in [1.29, 1.82) is 0 Å². The molecule has 3 nitrogen and oxygen atoms in total. The third-order valence-electron chi connectivity index (χ3n) is 3.47. The summed E-state index contributed by atoms with van der Waals surface area (Å²) < 4.78 is 13.7. The molecule has 0 aliphatic carbocycles. The van der Waals surface area contributed by atoms with Crippen molar-refractivity contribution in [2.24, 2.45) is 5.73 Å². The van der Waals surface area contributed by atoms with E-state index in [0.717, 1.165) is 26.1 Å². The van der Waals surface area contributed by atoms with E-state index in [1.54, 1.807) is 6.07 Å². The quantitative estimate of drug-likeness (QED) is 0.860. The highest BCUT2D eigenvalue weighted by atomic mass is 19.1. The minimum Gasteiger partial charge on any atom is -0.366 e. The number of hydrogen-bond donors (Lipinski definition) is 1. The van der Waals surface area contributed by atoms with Crippen LogP contribution in [0.1, 0.15) is 6.42 Å². The van der Waals surface area contributed by atoms with Gasteiger partial charge in [0.05, 0.1) is 5.69 Å². The molecule has 0 bridgehead atoms. The first-order chi connectivity index (χ1) is 8.22. The first kappa shape index (κ1) is 12.3. The number of likely N-dealkylation sites (N-methyl/N-ethyl adjacent to an activating group) is 1. The molecule has 4 heteroatoms. The maximum atomic E-state index is 13.7. The van der Waals surface area contributed by atoms with Crippen LogP contribution < -0.4 is 10.6 Å². The zero-order chi connectivity index (χ0) is 12.3. The second kappa shape index (κ2) is 5.47. The van der Waals surface area contributed by atoms with Gasteiger partial charge in [-0.25, -0.2) is 4.39 Å². The van der Waals surface area contributed by atoms with E-state index in [9.17, 15) is 4.39 Å². The number of hydrogen-bond acceptors (Lipinski definition) is 3. The lowest BCUT2D eigenvalue weighted by Gasteiger charge is -2.40. The average Bonchev–Trinajstić information content (AvgIpc) is 2.33. The summed E-state index contributed by atoms with van der Waals surface area (Å²) in [5, 5.41) is 0. The van der Waals surface area contributed by atoms with Crippen LogP contribution in [0.15, 0.2) is 24.3 Å². The number of para-hydroxylation sites is 1. The minimum absolute atomic E-state index is 0.136. The van der Waals surface area contributed by atoms with Crippen molar-refractivity contribution in [3.63, 3.8) is 0 Å². The molecule has 0 radical (unpaired) electrons. The fraction of sp³-hybridized carbons (Fsp3) is 0.538. The molecule has 1 fully saturated rings. The average molecular weight is 237 g/mol. The highest BCUT2D eigenvalue weighted by Gasteiger charge is 2.24. The van der Waals surface area contributed by atoms with Crippen molar-refractivity contribution in [3.8, 4) is 0 Å². The summed E-state index contributed by atoms with van der Waals surface area (Å²) in [5.74, 6) is -0.136. The third kappa shape index (κ3) is 2.76. The summed E-state index contributed by atoms with van der Waals surface area (Å²) in [7, 11) is 2.11. The Hall–Kier alpha value is -1.13. The minimum atomic E-state index is -0.136. The van der Waals surface area contributed by atoms with Crippen LogP contribution in [0, 0.1) is 5.82 Å². The molecule has 2 rings (SSSR count). The van der Waals surface area contributed by atoms with E-state index in [2.05, 4.69) is 16.8 Å². The van der Waals surface area contributed by atoms with Gasteiger partial charge in [0.15, 0.2) is 0 Å². The molecule has 1 aliphatic rings. The summed E-state index contributed by atoms with van der Waals surface area (Å²) in [6.45, 7) is 3.37. The van der Waals surface area contributed by atoms with E-state index < -0.39 is 0 Å². The Morgan fingerprint density at radius 1 is 1.35 bits per heavy atom. The zero-order valence-electron chi connectivity index (χ0n) is 10.3. The number of nitrogens with two attached hydrogens (primary N) is 1. The smallest absolute Gasteiger partial charge is 0.146 e. The van der Waals surface area contributed by atoms with Gasteiger partial charge in [-0.2, -0.15) is 0 Å². The van der Waals surface area contributed by atoms with Gasteiger partial charge in [0.25, 0.3) is 0 Å². The van der Waals surface area contributed by atoms with Crippen molar-refractivity contribution in [2.45, 2.75) is 12.5 Å². The fourth-order valence-corrected chi connectivity index (χ4v) is 2.38. The number of anilines is 1. The monoisotopic (exact) mass is 237 g/mol. The highest BCUT2D eigenvalue weighted by molar-refractivity contribution is 5.48. The number of rotatable bonds is 3. The maximum absolute atomic E-state index is 13.7. The molecular weight excluding hydrogens is 217 g/mol. The van der Waals surface area contributed by atoms with Crippen LogP contribution in [0.5, 0.6) is 0 Å². The molecule has 1 aliphatic heterocycles. The van der Waals surface area contributed by atoms with Gasteiger partial charge in [-0.05, 0) is 32.1 Å². The second-order valence-corrected chi connectivity index (χ2v) is 4.61. The Morgan fingerprint density at radius 3 is 2.82 bits per heavy atom. The topological polar surface area (TPSA) is 32.5 Å². The Bertz CT molecular complexity index is 369. The van der Waals surface area contributed by atoms with Crippen LogP contribution in [0.4, 0.5) is 10.1 Å². The van der Waals surface area contributed by atoms with E-state index >= 15 is 0 Å². The van der Waals surface area contributed by atoms with Gasteiger partial charge in [0, 0.05) is 25.7 Å². The maximum Gasteiger partial charge on any atom is 0.146 e. The molecule has 1 atom stereocenters. The molecule has 1 aromatic carbocycles. The summed E-state index contributed by atoms with van der Waals surface area (Å²) >= 11 is 0. The van der Waals surface area contributed by atoms with Crippen LogP contribution in [-0.4, -0.2) is 44.2 Å². The normalized spacial score (nSPS) is 21.8. The van der Waals surface area contributed by atoms with E-state index in [1.807, 2.05) is 12.1 Å². The van der Waals surface area contributed by atoms with Crippen LogP contribution in [-0.2, 0) is 0 Å². The lowest BCUT2D eigenvalue weighted by atomic mass is 10.1. The second-order valence-electron chi connectivity index (χ2n) is 4.61. The predicted octanol–water partition coefficient (Wildman–Crippen LogP) is 1.29. The molecular formula is C13H20FN3. The summed E-state index contributed by atoms with van der Waals surface area (Å²) in [4.78, 5) is 4.43. The third-order valence-corrected chi connectivity index (χ3v) is 3.47. The first-order valence-corrected chi connectivity index (χ1v) is 6.12. The largest absolute Gasteiger partial charge is 0.366 e. The molecule has 94 valence electrons. The number of piperazine rings is 1. The SMILES string of the molecule is CN1CCN(c2ccccc2F)CC1CCN. The van der Waals surface area contributed by atoms with Gasteiger partial charge < -0.3 is 10.6 Å². The molecule has 0 amide bonds. The van der Waals surface area contributed by atoms with Crippen molar-refractivity contribution in [2.75, 3.05) is 38.1 Å². The van der Waals surface area contributed by atoms with Gasteiger partial charge in [-0.15, -0.1) is 0 Å². The van der Waals surface area contributed by atoms with Crippen molar-refractivity contribution < 1.29 is 4.39 Å². The molecule has 1 aromatic rings. The van der Waals surface area contributed by atoms with Gasteiger partial charge in [-0.1, -0.05) is 12.1 Å². The number of nitrogens with zero attached hydrogens (tertiary/aromatic N) is 2. The van der Waals surface area contributed by atoms with Gasteiger partial charge in [-0.3, -0.25) is 4.90 Å². The Kier molecular flexibility index (Phi) is 3.97. The van der Waals surface area contributed by atoms with E-state index in [0.29, 0.717) is 18.3 Å². The Morgan fingerprint density at radius 2 is 2.12 bits per heavy atom. The molecule has 17 heavy (non-hydrogen) atoms. The van der Waals surface area contributed by atoms with Gasteiger partial charge in [0.2, 0.25) is 0 Å². The standard InChI is InChI=1S/C13H20FN3/c1-16-8-9-17(10-11(16)6-7-15)13-5-3-2-4-12(13)14/h2-5,11H,6-10,15H2,1H3. The Labute approximate surface area is 102 Å². The van der Waals surface area contributed by atoms with Crippen LogP contribution in [0.3, 0.4) is 0 Å². The lowest BCUT2D eigenvalue weighted by Crippen LogP contribution is -2.52. The van der Waals surface area contributed by atoms with E-state index in [4.69, 9.17) is 5.73 Å². The lowest BCUT2D eigenvalue weighted by molar-refractivity contribution is 0.210. The first-order valence-electron chi connectivity index (χ1n) is 6.12. The molecule has 1 heterocycles. The van der Waals surface area contributed by atoms with Crippen LogP contribution in [0.25, 0.3) is 0 Å². The molecule has 0 saturated carbocycles. The summed E-state index contributed by atoms with van der Waals surface area (Å²) in [6, 6.07) is 7.40. The van der Waals surface area contributed by atoms with Gasteiger partial charge in [0.1, 0.15) is 5.82 Å².